The van der Waals surface area contributed by atoms with Crippen molar-refractivity contribution in [2.75, 3.05) is 11.9 Å². The van der Waals surface area contributed by atoms with E-state index in [-0.39, 0.29) is 11.4 Å². The van der Waals surface area contributed by atoms with E-state index in [1.54, 1.807) is 18.3 Å². The largest absolute Gasteiger partial charge is 0.442 e. The number of carbonyl (C=O) groups is 1. The van der Waals surface area contributed by atoms with Gasteiger partial charge in [-0.05, 0) is 33.6 Å². The lowest BCUT2D eigenvalue weighted by Gasteiger charge is -2.26. The Morgan fingerprint density at radius 2 is 2.15 bits per heavy atom. The molecule has 0 radical (unpaired) electrons. The maximum atomic E-state index is 12.9. The van der Waals surface area contributed by atoms with Crippen LogP contribution in [0.15, 0.2) is 16.1 Å². The molecular weight excluding hydrogens is 350 g/mol. The van der Waals surface area contributed by atoms with Gasteiger partial charge < -0.3 is 14.6 Å². The smallest absolute Gasteiger partial charge is 0.255 e. The zero-order valence-corrected chi connectivity index (χ0v) is 16.1. The number of hydrogen-bond donors (Lipinski definition) is 1. The highest BCUT2D eigenvalue weighted by Crippen LogP contribution is 2.44. The molecule has 7 nitrogen and oxygen atoms in total. The van der Waals surface area contributed by atoms with Crippen molar-refractivity contribution >= 4 is 34.2 Å². The van der Waals surface area contributed by atoms with Crippen molar-refractivity contribution in [2.24, 2.45) is 0 Å². The summed E-state index contributed by atoms with van der Waals surface area (Å²) in [5.74, 6) is 1.09. The van der Waals surface area contributed by atoms with E-state index in [9.17, 15) is 4.79 Å². The molecule has 0 bridgehead atoms. The highest BCUT2D eigenvalue weighted by Gasteiger charge is 2.43. The second kappa shape index (κ2) is 6.05. The second-order valence-electron chi connectivity index (χ2n) is 7.01. The van der Waals surface area contributed by atoms with Gasteiger partial charge in [0.05, 0.1) is 28.2 Å². The zero-order chi connectivity index (χ0) is 18.5. The van der Waals surface area contributed by atoms with Crippen LogP contribution in [0.2, 0.25) is 0 Å². The van der Waals surface area contributed by atoms with Gasteiger partial charge in [0.2, 0.25) is 5.71 Å². The first-order valence-electron chi connectivity index (χ1n) is 8.56. The maximum absolute atomic E-state index is 12.9. The number of thiazole rings is 1. The molecule has 1 aliphatic rings. The molecule has 0 spiro atoms. The fraction of sp³-hybridized carbons (Fsp3) is 0.444. The van der Waals surface area contributed by atoms with Crippen molar-refractivity contribution < 1.29 is 9.21 Å². The number of rotatable bonds is 5. The van der Waals surface area contributed by atoms with Gasteiger partial charge in [-0.25, -0.2) is 15.0 Å². The summed E-state index contributed by atoms with van der Waals surface area (Å²) in [5, 5.41) is 6.54. The Bertz CT molecular complexity index is 989. The first-order chi connectivity index (χ1) is 12.4. The molecule has 3 aromatic rings. The normalized spacial score (nSPS) is 15.2. The summed E-state index contributed by atoms with van der Waals surface area (Å²) in [5.41, 5.74) is 1.88. The molecule has 0 atom stereocenters. The molecule has 0 saturated heterocycles. The van der Waals surface area contributed by atoms with Crippen molar-refractivity contribution in [1.29, 1.82) is 0 Å². The number of furan rings is 1. The topological polar surface area (TPSA) is 84.2 Å². The third-order valence-electron chi connectivity index (χ3n) is 5.07. The van der Waals surface area contributed by atoms with E-state index in [1.807, 2.05) is 19.4 Å². The minimum absolute atomic E-state index is 0.0817. The van der Waals surface area contributed by atoms with Crippen molar-refractivity contribution in [3.8, 4) is 0 Å². The minimum Gasteiger partial charge on any atom is -0.442 e. The molecule has 3 heterocycles. The first kappa shape index (κ1) is 17.0. The lowest BCUT2D eigenvalue weighted by atomic mass is 10.1. The van der Waals surface area contributed by atoms with Gasteiger partial charge >= 0.3 is 0 Å². The lowest BCUT2D eigenvalue weighted by Crippen LogP contribution is -2.32. The average Bonchev–Trinajstić information content (AvgIpc) is 3.07. The van der Waals surface area contributed by atoms with Gasteiger partial charge in [-0.3, -0.25) is 4.79 Å². The van der Waals surface area contributed by atoms with Gasteiger partial charge in [-0.15, -0.1) is 11.3 Å². The molecular formula is C18H21N5O2S. The highest BCUT2D eigenvalue weighted by atomic mass is 32.1. The third-order valence-corrected chi connectivity index (χ3v) is 5.89. The van der Waals surface area contributed by atoms with E-state index in [1.165, 1.54) is 6.33 Å². The Balaban J connectivity index is 1.69. The van der Waals surface area contributed by atoms with Gasteiger partial charge in [0, 0.05) is 18.0 Å². The molecule has 0 unspecified atom stereocenters. The predicted molar refractivity (Wildman–Crippen MR) is 101 cm³/mol. The van der Waals surface area contributed by atoms with Crippen LogP contribution >= 0.6 is 11.3 Å². The van der Waals surface area contributed by atoms with Gasteiger partial charge in [0.25, 0.3) is 5.91 Å². The Morgan fingerprint density at radius 3 is 2.81 bits per heavy atom. The fourth-order valence-electron chi connectivity index (χ4n) is 3.08. The standard InChI is InChI=1S/C18H21N5O2S/c1-10-13(16(24)19-7-12-8-26-11(2)22-12)14-15(20-9-21-17(14)25-10)23(4)18(3)5-6-18/h8-9H,5-7H2,1-4H3,(H,19,24). The van der Waals surface area contributed by atoms with Gasteiger partial charge in [-0.2, -0.15) is 0 Å². The Hall–Kier alpha value is -2.48. The van der Waals surface area contributed by atoms with E-state index >= 15 is 0 Å². The molecule has 8 heteroatoms. The van der Waals surface area contributed by atoms with E-state index in [4.69, 9.17) is 4.42 Å². The molecule has 3 aromatic heterocycles. The maximum Gasteiger partial charge on any atom is 0.255 e. The lowest BCUT2D eigenvalue weighted by molar-refractivity contribution is 0.0950. The molecule has 0 aliphatic heterocycles. The Kier molecular flexibility index (Phi) is 3.95. The SMILES string of the molecule is Cc1nc(CNC(=O)c2c(C)oc3ncnc(N(C)C4(C)CC4)c23)cs1. The van der Waals surface area contributed by atoms with Crippen LogP contribution in [0.5, 0.6) is 0 Å². The predicted octanol–water partition coefficient (Wildman–Crippen LogP) is 3.21. The summed E-state index contributed by atoms with van der Waals surface area (Å²) in [6.45, 7) is 6.30. The van der Waals surface area contributed by atoms with Crippen LogP contribution in [0.4, 0.5) is 5.82 Å². The minimum atomic E-state index is -0.197. The van der Waals surface area contributed by atoms with Crippen LogP contribution in [0, 0.1) is 13.8 Å². The summed E-state index contributed by atoms with van der Waals surface area (Å²) >= 11 is 1.57. The number of carbonyl (C=O) groups excluding carboxylic acids is 1. The van der Waals surface area contributed by atoms with E-state index < -0.39 is 0 Å². The number of fused-ring (bicyclic) bond motifs is 1. The number of aromatic nitrogens is 3. The molecule has 1 fully saturated rings. The van der Waals surface area contributed by atoms with E-state index in [0.717, 1.165) is 29.4 Å². The van der Waals surface area contributed by atoms with Crippen LogP contribution in [-0.2, 0) is 6.54 Å². The summed E-state index contributed by atoms with van der Waals surface area (Å²) in [6.07, 6.45) is 3.70. The Labute approximate surface area is 155 Å². The monoisotopic (exact) mass is 371 g/mol. The van der Waals surface area contributed by atoms with Gasteiger partial charge in [0.15, 0.2) is 0 Å². The molecule has 136 valence electrons. The first-order valence-corrected chi connectivity index (χ1v) is 9.44. The number of hydrogen-bond acceptors (Lipinski definition) is 7. The summed E-state index contributed by atoms with van der Waals surface area (Å²) in [7, 11) is 2.01. The van der Waals surface area contributed by atoms with Crippen LogP contribution < -0.4 is 10.2 Å². The van der Waals surface area contributed by atoms with Crippen molar-refractivity contribution in [3.05, 3.63) is 33.7 Å². The molecule has 1 aliphatic carbocycles. The second-order valence-corrected chi connectivity index (χ2v) is 8.07. The quantitative estimate of drug-likeness (QED) is 0.741. The Morgan fingerprint density at radius 1 is 1.38 bits per heavy atom. The van der Waals surface area contributed by atoms with Crippen LogP contribution in [0.1, 0.15) is 46.6 Å². The molecule has 1 amide bonds. The van der Waals surface area contributed by atoms with E-state index in [2.05, 4.69) is 32.1 Å². The van der Waals surface area contributed by atoms with Crippen LogP contribution in [-0.4, -0.2) is 33.4 Å². The van der Waals surface area contributed by atoms with Crippen molar-refractivity contribution in [3.63, 3.8) is 0 Å². The molecule has 1 N–H and O–H groups in total. The molecule has 0 aromatic carbocycles. The van der Waals surface area contributed by atoms with E-state index in [0.29, 0.717) is 29.0 Å². The zero-order valence-electron chi connectivity index (χ0n) is 15.3. The van der Waals surface area contributed by atoms with Gasteiger partial charge in [-0.1, -0.05) is 0 Å². The van der Waals surface area contributed by atoms with Crippen LogP contribution in [0.25, 0.3) is 11.1 Å². The fourth-order valence-corrected chi connectivity index (χ4v) is 3.69. The molecule has 1 saturated carbocycles. The summed E-state index contributed by atoms with van der Waals surface area (Å²) in [4.78, 5) is 28.1. The van der Waals surface area contributed by atoms with Crippen LogP contribution in [0.3, 0.4) is 0 Å². The number of aryl methyl sites for hydroxylation is 2. The summed E-state index contributed by atoms with van der Waals surface area (Å²) in [6, 6.07) is 0. The number of nitrogens with zero attached hydrogens (tertiary/aromatic N) is 4. The van der Waals surface area contributed by atoms with Crippen molar-refractivity contribution in [1.82, 2.24) is 20.3 Å². The molecule has 26 heavy (non-hydrogen) atoms. The van der Waals surface area contributed by atoms with Crippen molar-refractivity contribution in [2.45, 2.75) is 45.7 Å². The number of amides is 1. The third kappa shape index (κ3) is 2.84. The van der Waals surface area contributed by atoms with Gasteiger partial charge in [0.1, 0.15) is 17.9 Å². The number of anilines is 1. The molecule has 4 rings (SSSR count). The summed E-state index contributed by atoms with van der Waals surface area (Å²) < 4.78 is 5.75. The number of nitrogens with one attached hydrogen (secondary N) is 1. The highest BCUT2D eigenvalue weighted by molar-refractivity contribution is 7.09. The average molecular weight is 371 g/mol.